The van der Waals surface area contributed by atoms with Crippen LogP contribution in [0.1, 0.15) is 30.1 Å². The molecule has 3 rings (SSSR count). The average Bonchev–Trinajstić information content (AvgIpc) is 3.31. The molecule has 0 aliphatic carbocycles. The van der Waals surface area contributed by atoms with Gasteiger partial charge < -0.3 is 9.73 Å². The molecule has 1 unspecified atom stereocenters. The van der Waals surface area contributed by atoms with Gasteiger partial charge >= 0.3 is 0 Å². The summed E-state index contributed by atoms with van der Waals surface area (Å²) in [6.45, 7) is 0.990. The van der Waals surface area contributed by atoms with Crippen molar-refractivity contribution in [2.75, 3.05) is 6.54 Å². The molecule has 1 aromatic carbocycles. The van der Waals surface area contributed by atoms with Gasteiger partial charge in [0.2, 0.25) is 5.91 Å². The van der Waals surface area contributed by atoms with Gasteiger partial charge in [-0.25, -0.2) is 9.37 Å². The van der Waals surface area contributed by atoms with Gasteiger partial charge in [-0.2, -0.15) is 5.10 Å². The lowest BCUT2D eigenvalue weighted by Gasteiger charge is -2.15. The Morgan fingerprint density at radius 3 is 2.80 bits per heavy atom. The number of halogens is 1. The van der Waals surface area contributed by atoms with E-state index in [9.17, 15) is 9.18 Å². The van der Waals surface area contributed by atoms with E-state index in [1.807, 2.05) is 12.1 Å². The van der Waals surface area contributed by atoms with E-state index >= 15 is 0 Å². The molecule has 0 radical (unpaired) electrons. The molecular weight excluding hydrogens is 323 g/mol. The highest BCUT2D eigenvalue weighted by molar-refractivity contribution is 5.75. The predicted molar refractivity (Wildman–Crippen MR) is 89.2 cm³/mol. The number of rotatable bonds is 8. The molecule has 0 bridgehead atoms. The molecule has 0 saturated heterocycles. The summed E-state index contributed by atoms with van der Waals surface area (Å²) >= 11 is 0. The summed E-state index contributed by atoms with van der Waals surface area (Å²) in [4.78, 5) is 15.8. The molecule has 25 heavy (non-hydrogen) atoms. The molecule has 7 heteroatoms. The average molecular weight is 342 g/mol. The van der Waals surface area contributed by atoms with Crippen molar-refractivity contribution in [2.24, 2.45) is 0 Å². The minimum Gasteiger partial charge on any atom is -0.469 e. The van der Waals surface area contributed by atoms with Crippen molar-refractivity contribution in [3.63, 3.8) is 0 Å². The third kappa shape index (κ3) is 4.76. The maximum Gasteiger partial charge on any atom is 0.221 e. The SMILES string of the molecule is O=C(CCn1cncn1)NCCC(c1ccc(F)cc1)c1ccco1. The third-order valence-corrected chi connectivity index (χ3v) is 3.95. The Morgan fingerprint density at radius 2 is 2.12 bits per heavy atom. The van der Waals surface area contributed by atoms with Gasteiger partial charge in [-0.1, -0.05) is 12.1 Å². The maximum atomic E-state index is 13.2. The van der Waals surface area contributed by atoms with Crippen molar-refractivity contribution in [1.29, 1.82) is 0 Å². The van der Waals surface area contributed by atoms with Crippen molar-refractivity contribution in [3.8, 4) is 0 Å². The zero-order valence-corrected chi connectivity index (χ0v) is 13.6. The van der Waals surface area contributed by atoms with Crippen LogP contribution in [0, 0.1) is 5.82 Å². The van der Waals surface area contributed by atoms with Gasteiger partial charge in [0, 0.05) is 18.9 Å². The Morgan fingerprint density at radius 1 is 1.28 bits per heavy atom. The normalized spacial score (nSPS) is 12.0. The number of nitrogens with zero attached hydrogens (tertiary/aromatic N) is 3. The lowest BCUT2D eigenvalue weighted by atomic mass is 9.93. The largest absolute Gasteiger partial charge is 0.469 e. The second kappa shape index (κ2) is 8.23. The number of amides is 1. The summed E-state index contributed by atoms with van der Waals surface area (Å²) in [5.41, 5.74) is 0.952. The number of benzene rings is 1. The summed E-state index contributed by atoms with van der Waals surface area (Å²) in [6, 6.07) is 10.1. The van der Waals surface area contributed by atoms with Gasteiger partial charge in [0.1, 0.15) is 24.2 Å². The second-order valence-electron chi connectivity index (χ2n) is 5.67. The molecule has 0 aliphatic rings. The van der Waals surface area contributed by atoms with Crippen LogP contribution in [0.3, 0.4) is 0 Å². The molecule has 1 amide bonds. The maximum absolute atomic E-state index is 13.2. The first-order valence-electron chi connectivity index (χ1n) is 8.10. The molecule has 6 nitrogen and oxygen atoms in total. The van der Waals surface area contributed by atoms with Gasteiger partial charge in [0.15, 0.2) is 0 Å². The predicted octanol–water partition coefficient (Wildman–Crippen LogP) is 2.74. The molecule has 2 aromatic heterocycles. The number of carbonyl (C=O) groups excluding carboxylic acids is 1. The van der Waals surface area contributed by atoms with E-state index in [2.05, 4.69) is 15.4 Å². The summed E-state index contributed by atoms with van der Waals surface area (Å²) < 4.78 is 20.3. The molecule has 3 aromatic rings. The van der Waals surface area contributed by atoms with Gasteiger partial charge in [-0.3, -0.25) is 9.48 Å². The fraction of sp³-hybridized carbons (Fsp3) is 0.278. The molecule has 2 heterocycles. The Bertz CT molecular complexity index is 770. The Kier molecular flexibility index (Phi) is 5.56. The van der Waals surface area contributed by atoms with Crippen LogP contribution in [-0.4, -0.2) is 27.2 Å². The van der Waals surface area contributed by atoms with Crippen LogP contribution in [0.4, 0.5) is 4.39 Å². The lowest BCUT2D eigenvalue weighted by molar-refractivity contribution is -0.121. The number of aryl methyl sites for hydroxylation is 1. The molecule has 0 fully saturated rings. The van der Waals surface area contributed by atoms with E-state index in [1.165, 1.54) is 18.5 Å². The number of aromatic nitrogens is 3. The summed E-state index contributed by atoms with van der Waals surface area (Å²) in [7, 11) is 0. The Balaban J connectivity index is 1.54. The van der Waals surface area contributed by atoms with Crippen LogP contribution in [0.5, 0.6) is 0 Å². The van der Waals surface area contributed by atoms with E-state index in [0.717, 1.165) is 11.3 Å². The molecule has 0 aliphatic heterocycles. The molecule has 0 spiro atoms. The Hall–Kier alpha value is -2.96. The number of furan rings is 1. The van der Waals surface area contributed by atoms with Crippen molar-refractivity contribution >= 4 is 5.91 Å². The first-order chi connectivity index (χ1) is 12.2. The Labute approximate surface area is 144 Å². The van der Waals surface area contributed by atoms with E-state index in [0.29, 0.717) is 25.9 Å². The second-order valence-corrected chi connectivity index (χ2v) is 5.67. The number of carbonyl (C=O) groups is 1. The van der Waals surface area contributed by atoms with Crippen LogP contribution in [0.25, 0.3) is 0 Å². The minimum absolute atomic E-state index is 0.0359. The number of hydrogen-bond donors (Lipinski definition) is 1. The van der Waals surface area contributed by atoms with Crippen LogP contribution >= 0.6 is 0 Å². The quantitative estimate of drug-likeness (QED) is 0.683. The molecule has 0 saturated carbocycles. The molecular formula is C18H19FN4O2. The van der Waals surface area contributed by atoms with Crippen molar-refractivity contribution in [2.45, 2.75) is 25.3 Å². The number of nitrogens with one attached hydrogen (secondary N) is 1. The monoisotopic (exact) mass is 342 g/mol. The minimum atomic E-state index is -0.275. The fourth-order valence-corrected chi connectivity index (χ4v) is 2.67. The van der Waals surface area contributed by atoms with Crippen molar-refractivity contribution in [3.05, 3.63) is 72.5 Å². The van der Waals surface area contributed by atoms with E-state index < -0.39 is 0 Å². The van der Waals surface area contributed by atoms with Gasteiger partial charge in [0.05, 0.1) is 12.8 Å². The summed E-state index contributed by atoms with van der Waals surface area (Å²) in [6.07, 6.45) is 5.63. The summed E-state index contributed by atoms with van der Waals surface area (Å²) in [5.74, 6) is 0.436. The highest BCUT2D eigenvalue weighted by Gasteiger charge is 2.17. The first kappa shape index (κ1) is 16.9. The van der Waals surface area contributed by atoms with E-state index in [4.69, 9.17) is 4.42 Å². The number of hydrogen-bond acceptors (Lipinski definition) is 4. The van der Waals surface area contributed by atoms with Crippen LogP contribution in [-0.2, 0) is 11.3 Å². The molecule has 1 atom stereocenters. The van der Waals surface area contributed by atoms with Crippen molar-refractivity contribution in [1.82, 2.24) is 20.1 Å². The molecule has 1 N–H and O–H groups in total. The van der Waals surface area contributed by atoms with Crippen molar-refractivity contribution < 1.29 is 13.6 Å². The highest BCUT2D eigenvalue weighted by atomic mass is 19.1. The first-order valence-corrected chi connectivity index (χ1v) is 8.10. The van der Waals surface area contributed by atoms with Gasteiger partial charge in [-0.05, 0) is 36.2 Å². The van der Waals surface area contributed by atoms with Gasteiger partial charge in [0.25, 0.3) is 0 Å². The topological polar surface area (TPSA) is 73.0 Å². The highest BCUT2D eigenvalue weighted by Crippen LogP contribution is 2.28. The zero-order valence-electron chi connectivity index (χ0n) is 13.6. The smallest absolute Gasteiger partial charge is 0.221 e. The van der Waals surface area contributed by atoms with Gasteiger partial charge in [-0.15, -0.1) is 0 Å². The zero-order chi connectivity index (χ0) is 17.5. The van der Waals surface area contributed by atoms with Crippen LogP contribution in [0.15, 0.2) is 59.7 Å². The molecule has 130 valence electrons. The van der Waals surface area contributed by atoms with Crippen LogP contribution < -0.4 is 5.32 Å². The fourth-order valence-electron chi connectivity index (χ4n) is 2.67. The lowest BCUT2D eigenvalue weighted by Crippen LogP contribution is -2.26. The standard InChI is InChI=1S/C18H19FN4O2/c19-15-5-3-14(4-6-15)16(17-2-1-11-25-17)7-9-21-18(24)8-10-23-13-20-12-22-23/h1-6,11-13,16H,7-10H2,(H,21,24). The van der Waals surface area contributed by atoms with Crippen LogP contribution in [0.2, 0.25) is 0 Å². The van der Waals surface area contributed by atoms with E-state index in [1.54, 1.807) is 29.4 Å². The summed E-state index contributed by atoms with van der Waals surface area (Å²) in [5, 5.41) is 6.86. The third-order valence-electron chi connectivity index (χ3n) is 3.95. The van der Waals surface area contributed by atoms with E-state index in [-0.39, 0.29) is 17.6 Å².